The summed E-state index contributed by atoms with van der Waals surface area (Å²) in [5, 5.41) is 3.68. The predicted octanol–water partition coefficient (Wildman–Crippen LogP) is 5.52. The van der Waals surface area contributed by atoms with Crippen LogP contribution in [0.4, 0.5) is 5.69 Å². The number of carbonyl (C=O) groups is 2. The zero-order valence-electron chi connectivity index (χ0n) is 17.7. The molecule has 0 aromatic heterocycles. The fourth-order valence-electron chi connectivity index (χ4n) is 4.70. The highest BCUT2D eigenvalue weighted by atomic mass is 16.5. The van der Waals surface area contributed by atoms with E-state index in [0.29, 0.717) is 11.5 Å². The van der Waals surface area contributed by atoms with E-state index in [1.165, 1.54) is 12.7 Å². The Morgan fingerprint density at radius 2 is 1.72 bits per heavy atom. The summed E-state index contributed by atoms with van der Waals surface area (Å²) in [5.41, 5.74) is 4.04. The van der Waals surface area contributed by atoms with Crippen molar-refractivity contribution >= 4 is 17.6 Å². The Bertz CT molecular complexity index is 1200. The first kappa shape index (κ1) is 20.1. The molecule has 160 valence electrons. The summed E-state index contributed by atoms with van der Waals surface area (Å²) in [6.45, 7) is 0. The quantitative estimate of drug-likeness (QED) is 0.339. The monoisotopic (exact) mass is 425 g/mol. The van der Waals surface area contributed by atoms with Crippen LogP contribution in [0, 0.1) is 5.92 Å². The highest BCUT2D eigenvalue weighted by Gasteiger charge is 2.38. The molecule has 1 aliphatic carbocycles. The summed E-state index contributed by atoms with van der Waals surface area (Å²) < 4.78 is 10.4. The van der Waals surface area contributed by atoms with E-state index >= 15 is 0 Å². The molecule has 1 aliphatic heterocycles. The second-order valence-corrected chi connectivity index (χ2v) is 8.07. The molecule has 0 radical (unpaired) electrons. The molecule has 0 saturated heterocycles. The molecular formula is C27H23NO4. The smallest absolute Gasteiger partial charge is 0.343 e. The van der Waals surface area contributed by atoms with E-state index in [4.69, 9.17) is 9.47 Å². The summed E-state index contributed by atoms with van der Waals surface area (Å²) in [4.78, 5) is 24.9. The molecule has 3 aromatic rings. The van der Waals surface area contributed by atoms with Crippen molar-refractivity contribution in [1.29, 1.82) is 0 Å². The summed E-state index contributed by atoms with van der Waals surface area (Å²) >= 11 is 0. The van der Waals surface area contributed by atoms with Crippen LogP contribution in [0.5, 0.6) is 5.75 Å². The lowest BCUT2D eigenvalue weighted by Crippen LogP contribution is -2.29. The Morgan fingerprint density at radius 3 is 2.53 bits per heavy atom. The van der Waals surface area contributed by atoms with Gasteiger partial charge in [0.25, 0.3) is 0 Å². The van der Waals surface area contributed by atoms with Crippen molar-refractivity contribution in [3.63, 3.8) is 0 Å². The van der Waals surface area contributed by atoms with Crippen LogP contribution < -0.4 is 10.1 Å². The van der Waals surface area contributed by atoms with Crippen LogP contribution in [0.1, 0.15) is 50.2 Å². The van der Waals surface area contributed by atoms with Gasteiger partial charge in [0.1, 0.15) is 11.3 Å². The number of hydrogen-bond acceptors (Lipinski definition) is 5. The third-order valence-electron chi connectivity index (χ3n) is 6.25. The summed E-state index contributed by atoms with van der Waals surface area (Å²) in [5.74, 6) is -0.257. The van der Waals surface area contributed by atoms with Crippen molar-refractivity contribution in [3.05, 3.63) is 107 Å². The van der Waals surface area contributed by atoms with Gasteiger partial charge in [0.2, 0.25) is 0 Å². The van der Waals surface area contributed by atoms with Gasteiger partial charge in [-0.3, -0.25) is 0 Å². The van der Waals surface area contributed by atoms with Gasteiger partial charge >= 0.3 is 11.9 Å². The van der Waals surface area contributed by atoms with E-state index in [2.05, 4.69) is 41.7 Å². The summed E-state index contributed by atoms with van der Waals surface area (Å²) in [7, 11) is 1.30. The maximum Gasteiger partial charge on any atom is 0.343 e. The van der Waals surface area contributed by atoms with Crippen molar-refractivity contribution in [1.82, 2.24) is 0 Å². The average molecular weight is 425 g/mol. The molecule has 0 saturated carbocycles. The number of allylic oxidation sites excluding steroid dienone is 2. The molecule has 5 heteroatoms. The number of methoxy groups -OCH3 is 1. The van der Waals surface area contributed by atoms with Gasteiger partial charge in [-0.25, -0.2) is 9.59 Å². The minimum absolute atomic E-state index is 0.183. The minimum Gasteiger partial charge on any atom is -0.465 e. The van der Waals surface area contributed by atoms with E-state index < -0.39 is 11.9 Å². The Balaban J connectivity index is 1.44. The van der Waals surface area contributed by atoms with Crippen molar-refractivity contribution in [2.45, 2.75) is 18.4 Å². The van der Waals surface area contributed by atoms with Gasteiger partial charge in [-0.1, -0.05) is 54.6 Å². The molecule has 0 amide bonds. The van der Waals surface area contributed by atoms with Crippen LogP contribution in [0.15, 0.2) is 84.9 Å². The molecule has 1 N–H and O–H groups in total. The third-order valence-corrected chi connectivity index (χ3v) is 6.25. The van der Waals surface area contributed by atoms with Gasteiger partial charge in [0, 0.05) is 11.6 Å². The highest BCUT2D eigenvalue weighted by Crippen LogP contribution is 2.49. The third kappa shape index (κ3) is 3.56. The average Bonchev–Trinajstić information content (AvgIpc) is 3.34. The van der Waals surface area contributed by atoms with E-state index in [-0.39, 0.29) is 23.3 Å². The Kier molecular flexibility index (Phi) is 5.23. The summed E-state index contributed by atoms with van der Waals surface area (Å²) in [6, 6.07) is 22.9. The van der Waals surface area contributed by atoms with Crippen molar-refractivity contribution in [3.8, 4) is 5.75 Å². The molecule has 2 aliphatic rings. The van der Waals surface area contributed by atoms with Gasteiger partial charge in [-0.2, -0.15) is 0 Å². The molecule has 3 aromatic carbocycles. The van der Waals surface area contributed by atoms with Gasteiger partial charge in [-0.15, -0.1) is 0 Å². The Morgan fingerprint density at radius 1 is 0.938 bits per heavy atom. The Labute approximate surface area is 186 Å². The molecular weight excluding hydrogens is 402 g/mol. The van der Waals surface area contributed by atoms with Crippen LogP contribution >= 0.6 is 0 Å². The normalized spacial score (nSPS) is 20.6. The van der Waals surface area contributed by atoms with Gasteiger partial charge < -0.3 is 14.8 Å². The molecule has 5 rings (SSSR count). The maximum atomic E-state index is 12.9. The van der Waals surface area contributed by atoms with Crippen LogP contribution in [0.2, 0.25) is 0 Å². The topological polar surface area (TPSA) is 64.6 Å². The number of benzene rings is 3. The van der Waals surface area contributed by atoms with Crippen molar-refractivity contribution < 1.29 is 19.1 Å². The number of anilines is 1. The molecule has 1 heterocycles. The SMILES string of the molecule is COC(=O)c1ccccc1OC(=O)c1ccc2c(c1)C1C=CCC1C(c1ccccc1)N2. The lowest BCUT2D eigenvalue weighted by atomic mass is 9.76. The lowest BCUT2D eigenvalue weighted by Gasteiger charge is -2.37. The van der Waals surface area contributed by atoms with E-state index in [0.717, 1.165) is 17.7 Å². The second kappa shape index (κ2) is 8.35. The van der Waals surface area contributed by atoms with Crippen LogP contribution in [-0.4, -0.2) is 19.0 Å². The molecule has 0 bridgehead atoms. The van der Waals surface area contributed by atoms with Crippen molar-refractivity contribution in [2.75, 3.05) is 12.4 Å². The molecule has 0 fully saturated rings. The van der Waals surface area contributed by atoms with E-state index in [1.807, 2.05) is 18.2 Å². The molecule has 3 atom stereocenters. The number of rotatable bonds is 4. The second-order valence-electron chi connectivity index (χ2n) is 8.07. The molecule has 3 unspecified atom stereocenters. The molecule has 32 heavy (non-hydrogen) atoms. The molecule has 0 spiro atoms. The lowest BCUT2D eigenvalue weighted by molar-refractivity contribution is 0.0593. The fourth-order valence-corrected chi connectivity index (χ4v) is 4.70. The number of para-hydroxylation sites is 1. The summed E-state index contributed by atoms with van der Waals surface area (Å²) in [6.07, 6.45) is 5.44. The standard InChI is InChI=1S/C27H23NO4/c1-31-27(30)21-10-5-6-13-24(21)32-26(29)18-14-15-23-22(16-18)19-11-7-12-20(19)25(28-23)17-8-3-2-4-9-17/h2-11,13-16,19-20,25,28H,12H2,1H3. The van der Waals surface area contributed by atoms with Crippen molar-refractivity contribution in [2.24, 2.45) is 5.92 Å². The zero-order valence-corrected chi connectivity index (χ0v) is 17.7. The zero-order chi connectivity index (χ0) is 22.1. The number of ether oxygens (including phenoxy) is 2. The number of nitrogens with one attached hydrogen (secondary N) is 1. The number of fused-ring (bicyclic) bond motifs is 3. The maximum absolute atomic E-state index is 12.9. The van der Waals surface area contributed by atoms with Crippen LogP contribution in [0.25, 0.3) is 0 Å². The van der Waals surface area contributed by atoms with E-state index in [9.17, 15) is 9.59 Å². The molecule has 5 nitrogen and oxygen atoms in total. The number of esters is 2. The Hall–Kier alpha value is -3.86. The number of hydrogen-bond donors (Lipinski definition) is 1. The van der Waals surface area contributed by atoms with Crippen LogP contribution in [-0.2, 0) is 4.74 Å². The highest BCUT2D eigenvalue weighted by molar-refractivity contribution is 5.96. The van der Waals surface area contributed by atoms with Gasteiger partial charge in [0.05, 0.1) is 18.7 Å². The first-order chi connectivity index (χ1) is 15.7. The van der Waals surface area contributed by atoms with E-state index in [1.54, 1.807) is 30.3 Å². The number of carbonyl (C=O) groups excluding carboxylic acids is 2. The minimum atomic E-state index is -0.547. The first-order valence-corrected chi connectivity index (χ1v) is 10.7. The largest absolute Gasteiger partial charge is 0.465 e. The van der Waals surface area contributed by atoms with Gasteiger partial charge in [-0.05, 0) is 53.8 Å². The predicted molar refractivity (Wildman–Crippen MR) is 122 cm³/mol. The van der Waals surface area contributed by atoms with Crippen LogP contribution in [0.3, 0.4) is 0 Å². The first-order valence-electron chi connectivity index (χ1n) is 10.7. The fraction of sp³-hybridized carbons (Fsp3) is 0.185. The van der Waals surface area contributed by atoms with Gasteiger partial charge in [0.15, 0.2) is 0 Å².